The second kappa shape index (κ2) is 9.08. The first-order valence-corrected chi connectivity index (χ1v) is 12.4. The molecular weight excluding hydrogens is 461 g/mol. The minimum atomic E-state index is -3.37. The summed E-state index contributed by atoms with van der Waals surface area (Å²) in [6.45, 7) is 0.310. The summed E-state index contributed by atoms with van der Waals surface area (Å²) in [5.41, 5.74) is 2.34. The van der Waals surface area contributed by atoms with E-state index in [9.17, 15) is 17.6 Å². The van der Waals surface area contributed by atoms with E-state index >= 15 is 0 Å². The van der Waals surface area contributed by atoms with Crippen LogP contribution >= 0.6 is 0 Å². The predicted octanol–water partition coefficient (Wildman–Crippen LogP) is 4.33. The highest BCUT2D eigenvalue weighted by molar-refractivity contribution is 7.93. The van der Waals surface area contributed by atoms with Crippen molar-refractivity contribution in [2.45, 2.75) is 25.9 Å². The van der Waals surface area contributed by atoms with Gasteiger partial charge in [-0.05, 0) is 36.8 Å². The van der Waals surface area contributed by atoms with Gasteiger partial charge in [0.25, 0.3) is 0 Å². The summed E-state index contributed by atoms with van der Waals surface area (Å²) in [6.07, 6.45) is -0.122. The van der Waals surface area contributed by atoms with Crippen LogP contribution in [0.5, 0.6) is 5.75 Å². The maximum atomic E-state index is 14.2. The molecule has 3 aromatic rings. The van der Waals surface area contributed by atoms with Crippen molar-refractivity contribution in [3.05, 3.63) is 94.8 Å². The Morgan fingerprint density at radius 3 is 2.68 bits per heavy atom. The zero-order valence-electron chi connectivity index (χ0n) is 18.1. The molecule has 0 aromatic heterocycles. The molecule has 7 nitrogen and oxygen atoms in total. The Morgan fingerprint density at radius 1 is 1.09 bits per heavy atom. The van der Waals surface area contributed by atoms with Crippen LogP contribution in [0, 0.1) is 5.82 Å². The Hall–Kier alpha value is -3.43. The lowest BCUT2D eigenvalue weighted by Crippen LogP contribution is -2.25. The van der Waals surface area contributed by atoms with Gasteiger partial charge in [-0.15, -0.1) is 0 Å². The summed E-state index contributed by atoms with van der Waals surface area (Å²) in [5.74, 6) is -0.634. The molecular formula is C25H22FNO6S. The number of fused-ring (bicyclic) bond motifs is 1. The van der Waals surface area contributed by atoms with Crippen LogP contribution in [0.2, 0.25) is 0 Å². The molecule has 0 bridgehead atoms. The predicted molar refractivity (Wildman–Crippen MR) is 122 cm³/mol. The summed E-state index contributed by atoms with van der Waals surface area (Å²) < 4.78 is 57.1. The van der Waals surface area contributed by atoms with Crippen LogP contribution in [0.3, 0.4) is 0 Å². The third-order valence-electron chi connectivity index (χ3n) is 5.72. The highest BCUT2D eigenvalue weighted by atomic mass is 32.2. The maximum absolute atomic E-state index is 14.2. The molecule has 9 heteroatoms. The molecule has 0 aliphatic carbocycles. The van der Waals surface area contributed by atoms with Crippen molar-refractivity contribution >= 4 is 21.7 Å². The van der Waals surface area contributed by atoms with Gasteiger partial charge >= 0.3 is 5.97 Å². The topological polar surface area (TPSA) is 82.1 Å². The summed E-state index contributed by atoms with van der Waals surface area (Å²) in [7, 11) is -3.37. The molecule has 2 aliphatic heterocycles. The van der Waals surface area contributed by atoms with Gasteiger partial charge in [-0.1, -0.05) is 36.4 Å². The first-order valence-electron chi connectivity index (χ1n) is 10.8. The van der Waals surface area contributed by atoms with E-state index < -0.39 is 28.1 Å². The van der Waals surface area contributed by atoms with Gasteiger partial charge in [0.2, 0.25) is 16.3 Å². The van der Waals surface area contributed by atoms with E-state index in [0.29, 0.717) is 35.5 Å². The van der Waals surface area contributed by atoms with Gasteiger partial charge in [-0.25, -0.2) is 17.6 Å². The molecule has 0 spiro atoms. The second-order valence-electron chi connectivity index (χ2n) is 8.09. The smallest absolute Gasteiger partial charge is 0.338 e. The second-order valence-corrected chi connectivity index (χ2v) is 10.1. The lowest BCUT2D eigenvalue weighted by atomic mass is 10.1. The van der Waals surface area contributed by atoms with E-state index in [-0.39, 0.29) is 24.5 Å². The van der Waals surface area contributed by atoms with Crippen LogP contribution in [0.15, 0.2) is 66.7 Å². The number of nitrogens with zero attached hydrogens (tertiary/aromatic N) is 1. The van der Waals surface area contributed by atoms with Gasteiger partial charge in [0.1, 0.15) is 18.2 Å². The van der Waals surface area contributed by atoms with Crippen molar-refractivity contribution < 1.29 is 31.8 Å². The highest BCUT2D eigenvalue weighted by Gasteiger charge is 2.29. The van der Waals surface area contributed by atoms with Gasteiger partial charge in [0, 0.05) is 23.2 Å². The Labute approximate surface area is 196 Å². The van der Waals surface area contributed by atoms with Crippen molar-refractivity contribution in [2.75, 3.05) is 16.6 Å². The minimum Gasteiger partial charge on any atom is -0.460 e. The van der Waals surface area contributed by atoms with Crippen molar-refractivity contribution in [3.63, 3.8) is 0 Å². The van der Waals surface area contributed by atoms with Crippen LogP contribution in [0.4, 0.5) is 10.1 Å². The monoisotopic (exact) mass is 483 g/mol. The van der Waals surface area contributed by atoms with Crippen LogP contribution in [0.25, 0.3) is 0 Å². The summed E-state index contributed by atoms with van der Waals surface area (Å²) in [4.78, 5) is 12.7. The molecule has 2 aliphatic rings. The molecule has 0 radical (unpaired) electrons. The molecule has 1 saturated heterocycles. The molecule has 1 fully saturated rings. The van der Waals surface area contributed by atoms with Gasteiger partial charge in [0.05, 0.1) is 23.6 Å². The molecule has 34 heavy (non-hydrogen) atoms. The fourth-order valence-electron chi connectivity index (χ4n) is 4.10. The first kappa shape index (κ1) is 22.4. The van der Waals surface area contributed by atoms with Crippen molar-refractivity contribution in [3.8, 4) is 5.75 Å². The number of sulfonamides is 1. The van der Waals surface area contributed by atoms with Crippen LogP contribution in [-0.2, 0) is 32.7 Å². The zero-order chi connectivity index (χ0) is 23.7. The number of ether oxygens (including phenoxy) is 3. The molecule has 176 valence electrons. The Balaban J connectivity index is 1.34. The highest BCUT2D eigenvalue weighted by Crippen LogP contribution is 2.37. The zero-order valence-corrected chi connectivity index (χ0v) is 19.0. The van der Waals surface area contributed by atoms with E-state index in [2.05, 4.69) is 0 Å². The molecule has 0 N–H and O–H groups in total. The van der Waals surface area contributed by atoms with Crippen molar-refractivity contribution in [2.24, 2.45) is 0 Å². The molecule has 0 saturated carbocycles. The summed E-state index contributed by atoms with van der Waals surface area (Å²) in [5, 5.41) is 0. The van der Waals surface area contributed by atoms with E-state index in [4.69, 9.17) is 14.2 Å². The lowest BCUT2D eigenvalue weighted by molar-refractivity contribution is -0.112. The third-order valence-corrected chi connectivity index (χ3v) is 7.59. The number of carbonyl (C=O) groups excluding carboxylic acids is 1. The molecule has 0 unspecified atom stereocenters. The van der Waals surface area contributed by atoms with E-state index in [1.807, 2.05) is 30.3 Å². The fraction of sp³-hybridized carbons (Fsp3) is 0.240. The van der Waals surface area contributed by atoms with E-state index in [0.717, 1.165) is 5.56 Å². The van der Waals surface area contributed by atoms with Gasteiger partial charge < -0.3 is 14.2 Å². The Bertz CT molecular complexity index is 1330. The van der Waals surface area contributed by atoms with Gasteiger partial charge in [0.15, 0.2) is 0 Å². The van der Waals surface area contributed by atoms with Crippen LogP contribution < -0.4 is 9.04 Å². The molecule has 2 heterocycles. The largest absolute Gasteiger partial charge is 0.460 e. The number of anilines is 1. The van der Waals surface area contributed by atoms with Gasteiger partial charge in [-0.2, -0.15) is 0 Å². The molecule has 5 rings (SSSR count). The lowest BCUT2D eigenvalue weighted by Gasteiger charge is -2.28. The quantitative estimate of drug-likeness (QED) is 0.503. The fourth-order valence-corrected chi connectivity index (χ4v) is 5.66. The summed E-state index contributed by atoms with van der Waals surface area (Å²) >= 11 is 0. The van der Waals surface area contributed by atoms with E-state index in [1.54, 1.807) is 18.2 Å². The third kappa shape index (κ3) is 4.49. The van der Waals surface area contributed by atoms with Crippen LogP contribution in [-0.4, -0.2) is 26.7 Å². The number of esters is 1. The van der Waals surface area contributed by atoms with Crippen molar-refractivity contribution in [1.29, 1.82) is 0 Å². The number of carbonyl (C=O) groups is 1. The normalized spacial score (nSPS) is 18.7. The standard InChI is InChI=1S/C25H22FNO6S/c26-21-12-19(23-20(13-21)16-32-25(33-23)17-6-2-1-3-7-17)15-31-24(28)18-8-4-9-22(14-18)27-10-5-11-34(27,29)30/h1-4,6-9,12-14,25H,5,10-11,15-16H2/t25-/m1/s1. The number of halogens is 1. The molecule has 3 aromatic carbocycles. The van der Waals surface area contributed by atoms with Gasteiger partial charge in [-0.3, -0.25) is 4.31 Å². The van der Waals surface area contributed by atoms with E-state index in [1.165, 1.54) is 22.5 Å². The number of hydrogen-bond donors (Lipinski definition) is 0. The molecule has 0 amide bonds. The Kier molecular flexibility index (Phi) is 5.97. The van der Waals surface area contributed by atoms with Crippen LogP contribution in [0.1, 0.15) is 39.8 Å². The maximum Gasteiger partial charge on any atom is 0.338 e. The van der Waals surface area contributed by atoms with Crippen molar-refractivity contribution in [1.82, 2.24) is 0 Å². The summed E-state index contributed by atoms with van der Waals surface area (Å²) in [6, 6.07) is 18.2. The average Bonchev–Trinajstić information content (AvgIpc) is 3.21. The molecule has 1 atom stereocenters. The number of benzene rings is 3. The average molecular weight is 484 g/mol. The minimum absolute atomic E-state index is 0.0834. The first-order chi connectivity index (χ1) is 16.4. The number of hydrogen-bond acceptors (Lipinski definition) is 6. The Morgan fingerprint density at radius 2 is 1.91 bits per heavy atom. The SMILES string of the molecule is O=C(OCc1cc(F)cc2c1O[C@H](c1ccccc1)OC2)c1cccc(N2CCCS2(=O)=O)c1. The number of rotatable bonds is 5.